The summed E-state index contributed by atoms with van der Waals surface area (Å²) in [7, 11) is -3.51. The molecule has 0 saturated carbocycles. The highest BCUT2D eigenvalue weighted by molar-refractivity contribution is 7.89. The smallest absolute Gasteiger partial charge is 0.320 e. The maximum absolute atomic E-state index is 12.7. The van der Waals surface area contributed by atoms with Crippen molar-refractivity contribution in [2.24, 2.45) is 0 Å². The molecule has 0 aliphatic carbocycles. The van der Waals surface area contributed by atoms with Gasteiger partial charge in [0.2, 0.25) is 10.0 Å². The van der Waals surface area contributed by atoms with Crippen molar-refractivity contribution < 1.29 is 18.3 Å². The molecule has 0 aromatic heterocycles. The molecule has 1 aliphatic rings. The fourth-order valence-corrected chi connectivity index (χ4v) is 4.08. The summed E-state index contributed by atoms with van der Waals surface area (Å²) in [6.07, 6.45) is 0. The van der Waals surface area contributed by atoms with E-state index in [0.717, 1.165) is 5.56 Å². The maximum atomic E-state index is 12.7. The highest BCUT2D eigenvalue weighted by Crippen LogP contribution is 2.21. The molecule has 1 aliphatic heterocycles. The van der Waals surface area contributed by atoms with Crippen molar-refractivity contribution in [3.05, 3.63) is 29.8 Å². The number of carboxylic acids is 1. The van der Waals surface area contributed by atoms with Crippen LogP contribution in [0.25, 0.3) is 0 Å². The molecule has 0 spiro atoms. The molecule has 1 N–H and O–H groups in total. The van der Waals surface area contributed by atoms with Gasteiger partial charge in [-0.2, -0.15) is 4.31 Å². The molecular weight excluding hydrogens is 316 g/mol. The third-order valence-corrected chi connectivity index (χ3v) is 6.28. The minimum absolute atomic E-state index is 0.293. The van der Waals surface area contributed by atoms with E-state index in [1.807, 2.05) is 12.1 Å². The summed E-state index contributed by atoms with van der Waals surface area (Å²) in [6, 6.07) is 6.40. The molecule has 1 atom stereocenters. The standard InChI is InChI=1S/C16H24N2O4S/c1-12(2)14-4-6-15(7-5-14)23(21,22)18-10-8-17(9-11-18)13(3)16(19)20/h4-7,12-13H,8-11H2,1-3H3,(H,19,20)/t13-/m1/s1. The second kappa shape index (κ2) is 6.98. The van der Waals surface area contributed by atoms with Crippen LogP contribution in [0.2, 0.25) is 0 Å². The van der Waals surface area contributed by atoms with Crippen LogP contribution in [0.1, 0.15) is 32.3 Å². The van der Waals surface area contributed by atoms with Crippen molar-refractivity contribution in [3.63, 3.8) is 0 Å². The zero-order valence-corrected chi connectivity index (χ0v) is 14.6. The second-order valence-electron chi connectivity index (χ2n) is 6.18. The highest BCUT2D eigenvalue weighted by atomic mass is 32.2. The fraction of sp³-hybridized carbons (Fsp3) is 0.562. The Morgan fingerprint density at radius 3 is 2.00 bits per heavy atom. The molecule has 6 nitrogen and oxygen atoms in total. The molecule has 0 unspecified atom stereocenters. The van der Waals surface area contributed by atoms with Crippen LogP contribution >= 0.6 is 0 Å². The first-order valence-electron chi connectivity index (χ1n) is 7.80. The van der Waals surface area contributed by atoms with Gasteiger partial charge in [-0.25, -0.2) is 8.42 Å². The van der Waals surface area contributed by atoms with Gasteiger partial charge in [-0.05, 0) is 30.5 Å². The SMILES string of the molecule is CC(C)c1ccc(S(=O)(=O)N2CCN([C@H](C)C(=O)O)CC2)cc1. The zero-order valence-electron chi connectivity index (χ0n) is 13.8. The van der Waals surface area contributed by atoms with Gasteiger partial charge in [0.25, 0.3) is 0 Å². The quantitative estimate of drug-likeness (QED) is 0.881. The molecule has 7 heteroatoms. The number of sulfonamides is 1. The minimum atomic E-state index is -3.51. The third kappa shape index (κ3) is 3.91. The summed E-state index contributed by atoms with van der Waals surface area (Å²) < 4.78 is 26.8. The van der Waals surface area contributed by atoms with Crippen molar-refractivity contribution in [2.75, 3.05) is 26.2 Å². The van der Waals surface area contributed by atoms with Crippen molar-refractivity contribution in [1.82, 2.24) is 9.21 Å². The second-order valence-corrected chi connectivity index (χ2v) is 8.12. The molecule has 0 bridgehead atoms. The van der Waals surface area contributed by atoms with Gasteiger partial charge in [0, 0.05) is 26.2 Å². The van der Waals surface area contributed by atoms with Gasteiger partial charge in [-0.1, -0.05) is 26.0 Å². The molecular formula is C16H24N2O4S. The highest BCUT2D eigenvalue weighted by Gasteiger charge is 2.31. The number of piperazine rings is 1. The van der Waals surface area contributed by atoms with E-state index in [4.69, 9.17) is 5.11 Å². The van der Waals surface area contributed by atoms with Gasteiger partial charge in [0.05, 0.1) is 4.90 Å². The lowest BCUT2D eigenvalue weighted by Crippen LogP contribution is -2.53. The minimum Gasteiger partial charge on any atom is -0.480 e. The van der Waals surface area contributed by atoms with Gasteiger partial charge < -0.3 is 5.11 Å². The first kappa shape index (κ1) is 17.9. The monoisotopic (exact) mass is 340 g/mol. The Hall–Kier alpha value is -1.44. The van der Waals surface area contributed by atoms with Crippen molar-refractivity contribution in [1.29, 1.82) is 0 Å². The number of benzene rings is 1. The number of hydrogen-bond acceptors (Lipinski definition) is 4. The lowest BCUT2D eigenvalue weighted by atomic mass is 10.0. The van der Waals surface area contributed by atoms with E-state index in [9.17, 15) is 13.2 Å². The Balaban J connectivity index is 2.08. The Morgan fingerprint density at radius 1 is 1.04 bits per heavy atom. The summed E-state index contributed by atoms with van der Waals surface area (Å²) >= 11 is 0. The summed E-state index contributed by atoms with van der Waals surface area (Å²) in [6.45, 7) is 7.22. The topological polar surface area (TPSA) is 77.9 Å². The summed E-state index contributed by atoms with van der Waals surface area (Å²) in [5.41, 5.74) is 1.10. The van der Waals surface area contributed by atoms with Crippen molar-refractivity contribution in [2.45, 2.75) is 37.6 Å². The van der Waals surface area contributed by atoms with E-state index in [0.29, 0.717) is 37.0 Å². The van der Waals surface area contributed by atoms with Crippen LogP contribution in [-0.4, -0.2) is 60.9 Å². The van der Waals surface area contributed by atoms with E-state index >= 15 is 0 Å². The van der Waals surface area contributed by atoms with Gasteiger partial charge >= 0.3 is 5.97 Å². The molecule has 2 rings (SSSR count). The van der Waals surface area contributed by atoms with Crippen LogP contribution in [0.15, 0.2) is 29.2 Å². The molecule has 1 heterocycles. The van der Waals surface area contributed by atoms with Gasteiger partial charge in [-0.3, -0.25) is 9.69 Å². The van der Waals surface area contributed by atoms with Crippen molar-refractivity contribution >= 4 is 16.0 Å². The van der Waals surface area contributed by atoms with E-state index in [1.54, 1.807) is 24.0 Å². The normalized spacial score (nSPS) is 19.0. The fourth-order valence-electron chi connectivity index (χ4n) is 2.66. The molecule has 128 valence electrons. The summed E-state index contributed by atoms with van der Waals surface area (Å²) in [5.74, 6) is -0.529. The van der Waals surface area contributed by atoms with Crippen LogP contribution in [0.5, 0.6) is 0 Å². The third-order valence-electron chi connectivity index (χ3n) is 4.36. The number of carbonyl (C=O) groups is 1. The molecule has 1 fully saturated rings. The molecule has 1 saturated heterocycles. The Bertz CT molecular complexity index is 647. The Labute approximate surface area is 137 Å². The van der Waals surface area contributed by atoms with Crippen LogP contribution in [0.3, 0.4) is 0 Å². The average Bonchev–Trinajstić information content (AvgIpc) is 2.54. The Kier molecular flexibility index (Phi) is 5.44. The van der Waals surface area contributed by atoms with Gasteiger partial charge in [0.15, 0.2) is 0 Å². The van der Waals surface area contributed by atoms with E-state index < -0.39 is 22.0 Å². The van der Waals surface area contributed by atoms with Crippen LogP contribution < -0.4 is 0 Å². The first-order chi connectivity index (χ1) is 10.7. The summed E-state index contributed by atoms with van der Waals surface area (Å²) in [5, 5.41) is 9.04. The zero-order chi connectivity index (χ0) is 17.2. The average molecular weight is 340 g/mol. The van der Waals surface area contributed by atoms with Gasteiger partial charge in [-0.15, -0.1) is 0 Å². The van der Waals surface area contributed by atoms with Crippen LogP contribution in [0.4, 0.5) is 0 Å². The molecule has 1 aromatic carbocycles. The number of nitrogens with zero attached hydrogens (tertiary/aromatic N) is 2. The number of aliphatic carboxylic acids is 1. The Morgan fingerprint density at radius 2 is 1.57 bits per heavy atom. The van der Waals surface area contributed by atoms with Crippen molar-refractivity contribution in [3.8, 4) is 0 Å². The maximum Gasteiger partial charge on any atom is 0.320 e. The predicted octanol–water partition coefficient (Wildman–Crippen LogP) is 1.59. The van der Waals surface area contributed by atoms with Crippen LogP contribution in [0, 0.1) is 0 Å². The molecule has 1 aromatic rings. The van der Waals surface area contributed by atoms with Crippen LogP contribution in [-0.2, 0) is 14.8 Å². The summed E-state index contributed by atoms with van der Waals surface area (Å²) in [4.78, 5) is 13.1. The van der Waals surface area contributed by atoms with E-state index in [2.05, 4.69) is 13.8 Å². The lowest BCUT2D eigenvalue weighted by Gasteiger charge is -2.35. The molecule has 0 radical (unpaired) electrons. The first-order valence-corrected chi connectivity index (χ1v) is 9.24. The van der Waals surface area contributed by atoms with E-state index in [1.165, 1.54) is 4.31 Å². The van der Waals surface area contributed by atoms with E-state index in [-0.39, 0.29) is 0 Å². The molecule has 0 amide bonds. The number of rotatable bonds is 5. The number of hydrogen-bond donors (Lipinski definition) is 1. The predicted molar refractivity (Wildman–Crippen MR) is 88.0 cm³/mol. The lowest BCUT2D eigenvalue weighted by molar-refractivity contribution is -0.143. The number of carboxylic acid groups (broad SMARTS) is 1. The largest absolute Gasteiger partial charge is 0.480 e. The molecule has 23 heavy (non-hydrogen) atoms. The van der Waals surface area contributed by atoms with Gasteiger partial charge in [0.1, 0.15) is 6.04 Å².